The third-order valence-electron chi connectivity index (χ3n) is 9.52. The molecule has 3 aromatic carbocycles. The zero-order valence-electron chi connectivity index (χ0n) is 23.2. The molecule has 0 saturated heterocycles. The molecule has 43 heavy (non-hydrogen) atoms. The Morgan fingerprint density at radius 2 is 1.65 bits per heavy atom. The van der Waals surface area contributed by atoms with Gasteiger partial charge in [0.1, 0.15) is 29.8 Å². The fourth-order valence-corrected chi connectivity index (χ4v) is 7.15. The minimum absolute atomic E-state index is 0.0632. The Hall–Kier alpha value is -3.83. The Morgan fingerprint density at radius 3 is 2.30 bits per heavy atom. The smallest absolute Gasteiger partial charge is 0.287 e. The van der Waals surface area contributed by atoms with Crippen LogP contribution in [0.3, 0.4) is 0 Å². The van der Waals surface area contributed by atoms with Gasteiger partial charge in [0, 0.05) is 29.9 Å². The molecule has 4 saturated carbocycles. The summed E-state index contributed by atoms with van der Waals surface area (Å²) in [5.74, 6) is -5.24. The molecule has 4 fully saturated rings. The zero-order chi connectivity index (χ0) is 29.9. The van der Waals surface area contributed by atoms with Gasteiger partial charge in [-0.25, -0.2) is 22.2 Å². The van der Waals surface area contributed by atoms with Gasteiger partial charge in [-0.05, 0) is 70.5 Å². The van der Waals surface area contributed by atoms with Crippen molar-refractivity contribution in [1.82, 2.24) is 20.2 Å². The van der Waals surface area contributed by atoms with Gasteiger partial charge >= 0.3 is 0 Å². The van der Waals surface area contributed by atoms with Gasteiger partial charge in [0.05, 0.1) is 19.3 Å². The summed E-state index contributed by atoms with van der Waals surface area (Å²) in [6.07, 6.45) is 3.26. The van der Waals surface area contributed by atoms with Crippen LogP contribution in [0.2, 0.25) is 0 Å². The number of tetrazole rings is 1. The minimum Gasteiger partial charge on any atom is -0.490 e. The molecule has 0 amide bonds. The Kier molecular flexibility index (Phi) is 6.59. The molecule has 4 aliphatic carbocycles. The van der Waals surface area contributed by atoms with E-state index in [1.807, 2.05) is 54.6 Å². The Bertz CT molecular complexity index is 1580. The van der Waals surface area contributed by atoms with Gasteiger partial charge in [-0.15, -0.1) is 5.10 Å². The number of ether oxygens (including phenoxy) is 2. The molecule has 1 heterocycles. The lowest BCUT2D eigenvalue weighted by molar-refractivity contribution is -0.347. The van der Waals surface area contributed by atoms with E-state index in [9.17, 15) is 13.9 Å². The van der Waals surface area contributed by atoms with E-state index in [-0.39, 0.29) is 31.5 Å². The maximum absolute atomic E-state index is 16.4. The van der Waals surface area contributed by atoms with Crippen molar-refractivity contribution in [2.45, 2.75) is 74.4 Å². The van der Waals surface area contributed by atoms with Crippen molar-refractivity contribution in [3.8, 4) is 5.75 Å². The molecule has 0 radical (unpaired) electrons. The van der Waals surface area contributed by atoms with E-state index in [4.69, 9.17) is 9.47 Å². The monoisotopic (exact) mass is 594 g/mol. The number of hydrogen-bond acceptors (Lipinski definition) is 6. The largest absolute Gasteiger partial charge is 0.490 e. The van der Waals surface area contributed by atoms with E-state index in [0.717, 1.165) is 47.1 Å². The van der Waals surface area contributed by atoms with Gasteiger partial charge in [-0.2, -0.15) is 0 Å². The van der Waals surface area contributed by atoms with Gasteiger partial charge in [0.15, 0.2) is 5.60 Å². The van der Waals surface area contributed by atoms with Crippen LogP contribution in [0.25, 0.3) is 0 Å². The fraction of sp³-hybridized carbons (Fsp3) is 0.406. The molecular formula is C32H30F4N4O3. The first-order chi connectivity index (χ1) is 20.6. The predicted molar refractivity (Wildman–Crippen MR) is 146 cm³/mol. The van der Waals surface area contributed by atoms with Crippen LogP contribution in [0.15, 0.2) is 79.1 Å². The summed E-state index contributed by atoms with van der Waals surface area (Å²) in [7, 11) is 0. The molecule has 224 valence electrons. The SMILES string of the molecule is OC(Cn1cnnn1)(c1ccc(F)cc1F)C(F)(F)C12CC(c3ccc(OC4CC(OCc5ccccc5)C4)cc3)(C1)C2. The van der Waals surface area contributed by atoms with Crippen molar-refractivity contribution in [3.63, 3.8) is 0 Å². The molecule has 1 atom stereocenters. The third-order valence-corrected chi connectivity index (χ3v) is 9.52. The quantitative estimate of drug-likeness (QED) is 0.224. The minimum atomic E-state index is -3.77. The summed E-state index contributed by atoms with van der Waals surface area (Å²) in [5, 5.41) is 22.0. The van der Waals surface area contributed by atoms with E-state index in [2.05, 4.69) is 15.5 Å². The molecule has 1 aromatic heterocycles. The third kappa shape index (κ3) is 4.60. The second-order valence-electron chi connectivity index (χ2n) is 12.3. The van der Waals surface area contributed by atoms with Crippen LogP contribution in [0.1, 0.15) is 48.8 Å². The average molecular weight is 595 g/mol. The van der Waals surface area contributed by atoms with Crippen LogP contribution in [0, 0.1) is 17.0 Å². The average Bonchev–Trinajstić information content (AvgIpc) is 3.42. The summed E-state index contributed by atoms with van der Waals surface area (Å²) >= 11 is 0. The highest BCUT2D eigenvalue weighted by atomic mass is 19.3. The molecule has 4 aliphatic rings. The van der Waals surface area contributed by atoms with Crippen LogP contribution >= 0.6 is 0 Å². The molecule has 7 nitrogen and oxygen atoms in total. The summed E-state index contributed by atoms with van der Waals surface area (Å²) in [6.45, 7) is -0.223. The van der Waals surface area contributed by atoms with Crippen molar-refractivity contribution in [2.75, 3.05) is 0 Å². The topological polar surface area (TPSA) is 82.3 Å². The van der Waals surface area contributed by atoms with Crippen LogP contribution < -0.4 is 4.74 Å². The van der Waals surface area contributed by atoms with Crippen molar-refractivity contribution >= 4 is 0 Å². The van der Waals surface area contributed by atoms with E-state index in [0.29, 0.717) is 18.4 Å². The maximum atomic E-state index is 16.4. The van der Waals surface area contributed by atoms with Crippen molar-refractivity contribution < 1.29 is 32.1 Å². The molecule has 0 spiro atoms. The fourth-order valence-electron chi connectivity index (χ4n) is 7.15. The highest BCUT2D eigenvalue weighted by Gasteiger charge is 2.82. The number of benzene rings is 3. The van der Waals surface area contributed by atoms with E-state index in [1.165, 1.54) is 0 Å². The molecule has 1 unspecified atom stereocenters. The van der Waals surface area contributed by atoms with E-state index >= 15 is 8.78 Å². The van der Waals surface area contributed by atoms with Crippen LogP contribution in [0.4, 0.5) is 17.6 Å². The maximum Gasteiger partial charge on any atom is 0.287 e. The summed E-state index contributed by atoms with van der Waals surface area (Å²) in [5.41, 5.74) is -3.64. The van der Waals surface area contributed by atoms with Gasteiger partial charge in [0.2, 0.25) is 0 Å². The Balaban J connectivity index is 0.996. The molecule has 0 aliphatic heterocycles. The van der Waals surface area contributed by atoms with E-state index < -0.39 is 46.1 Å². The Morgan fingerprint density at radius 1 is 0.930 bits per heavy atom. The van der Waals surface area contributed by atoms with Crippen molar-refractivity contribution in [3.05, 3.63) is 107 Å². The van der Waals surface area contributed by atoms with Crippen molar-refractivity contribution in [1.29, 1.82) is 0 Å². The lowest BCUT2D eigenvalue weighted by Crippen LogP contribution is -2.76. The van der Waals surface area contributed by atoms with Crippen LogP contribution in [0.5, 0.6) is 5.75 Å². The molecule has 4 aromatic rings. The number of nitrogens with zero attached hydrogens (tertiary/aromatic N) is 4. The predicted octanol–water partition coefficient (Wildman–Crippen LogP) is 5.72. The molecular weight excluding hydrogens is 564 g/mol. The normalized spacial score (nSPS) is 27.4. The second-order valence-corrected chi connectivity index (χ2v) is 12.3. The molecule has 2 bridgehead atoms. The number of hydrogen-bond donors (Lipinski definition) is 1. The Labute approximate surface area is 245 Å². The first-order valence-electron chi connectivity index (χ1n) is 14.3. The highest BCUT2D eigenvalue weighted by Crippen LogP contribution is 2.80. The standard InChI is InChI=1S/C32H30F4N4O3/c33-23-8-11-27(28(34)12-23)31(41,19-40-20-37-38-39-40)32(35,36)30-16-29(17-30,18-30)22-6-9-24(10-7-22)43-26-13-25(14-26)42-15-21-4-2-1-3-5-21/h1-12,20,25-26,41H,13-19H2. The first kappa shape index (κ1) is 28.0. The summed E-state index contributed by atoms with van der Waals surface area (Å²) in [6, 6.07) is 19.8. The van der Waals surface area contributed by atoms with Gasteiger partial charge < -0.3 is 14.6 Å². The molecule has 11 heteroatoms. The summed E-state index contributed by atoms with van der Waals surface area (Å²) in [4.78, 5) is 0. The molecule has 1 N–H and O–H groups in total. The lowest BCUT2D eigenvalue weighted by atomic mass is 9.30. The van der Waals surface area contributed by atoms with Gasteiger partial charge in [-0.3, -0.25) is 0 Å². The lowest BCUT2D eigenvalue weighted by Gasteiger charge is -2.74. The molecule has 8 rings (SSSR count). The number of aromatic nitrogens is 4. The zero-order valence-corrected chi connectivity index (χ0v) is 23.2. The summed E-state index contributed by atoms with van der Waals surface area (Å²) < 4.78 is 74.2. The number of halogens is 4. The highest BCUT2D eigenvalue weighted by molar-refractivity contribution is 5.44. The van der Waals surface area contributed by atoms with Gasteiger partial charge in [-0.1, -0.05) is 42.5 Å². The van der Waals surface area contributed by atoms with Crippen molar-refractivity contribution in [2.24, 2.45) is 5.41 Å². The number of aliphatic hydroxyl groups is 1. The van der Waals surface area contributed by atoms with Crippen LogP contribution in [-0.2, 0) is 28.9 Å². The number of rotatable bonds is 11. The first-order valence-corrected chi connectivity index (χ1v) is 14.3. The number of alkyl halides is 2. The van der Waals surface area contributed by atoms with Gasteiger partial charge in [0.25, 0.3) is 5.92 Å². The van der Waals surface area contributed by atoms with E-state index in [1.54, 1.807) is 0 Å². The van der Waals surface area contributed by atoms with Crippen LogP contribution in [-0.4, -0.2) is 43.4 Å². The second kappa shape index (κ2) is 10.1.